The summed E-state index contributed by atoms with van der Waals surface area (Å²) in [6.07, 6.45) is 3.77. The van der Waals surface area contributed by atoms with E-state index in [0.717, 1.165) is 34.6 Å². The predicted molar refractivity (Wildman–Crippen MR) is 87.7 cm³/mol. The Kier molecular flexibility index (Phi) is 4.70. The number of aryl methyl sites for hydroxylation is 2. The number of anilines is 1. The highest BCUT2D eigenvalue weighted by Crippen LogP contribution is 2.32. The molecule has 4 nitrogen and oxygen atoms in total. The topological polar surface area (TPSA) is 50.2 Å². The molecule has 2 aromatic rings. The number of aromatic nitrogens is 2. The van der Waals surface area contributed by atoms with Crippen LogP contribution in [0.15, 0.2) is 11.4 Å². The van der Waals surface area contributed by atoms with Crippen molar-refractivity contribution in [3.05, 3.63) is 16.8 Å². The minimum Gasteiger partial charge on any atom is -0.261 e. The van der Waals surface area contributed by atoms with Gasteiger partial charge < -0.3 is 0 Å². The highest BCUT2D eigenvalue weighted by Gasteiger charge is 2.11. The first kappa shape index (κ1) is 14.9. The third-order valence-corrected chi connectivity index (χ3v) is 4.52. The molecule has 20 heavy (non-hydrogen) atoms. The van der Waals surface area contributed by atoms with Crippen molar-refractivity contribution in [3.8, 4) is 0 Å². The second-order valence-electron chi connectivity index (χ2n) is 5.58. The first-order valence-electron chi connectivity index (χ1n) is 6.99. The summed E-state index contributed by atoms with van der Waals surface area (Å²) in [5, 5.41) is 5.54. The lowest BCUT2D eigenvalue weighted by Gasteiger charge is -2.06. The molecule has 0 saturated heterocycles. The Bertz CT molecular complexity index is 628. The van der Waals surface area contributed by atoms with Crippen LogP contribution in [0.25, 0.3) is 10.2 Å². The molecule has 0 unspecified atom stereocenters. The Labute approximate surface area is 124 Å². The van der Waals surface area contributed by atoms with Crippen LogP contribution in [-0.2, 0) is 0 Å². The van der Waals surface area contributed by atoms with Gasteiger partial charge in [0, 0.05) is 10.6 Å². The lowest BCUT2D eigenvalue weighted by atomic mass is 10.1. The summed E-state index contributed by atoms with van der Waals surface area (Å²) in [5.41, 5.74) is 5.45. The molecule has 0 aliphatic carbocycles. The molecule has 2 rings (SSSR count). The molecule has 1 N–H and O–H groups in total. The largest absolute Gasteiger partial charge is 0.261 e. The average molecular weight is 290 g/mol. The molecule has 0 aromatic carbocycles. The minimum absolute atomic E-state index is 0.702. The van der Waals surface area contributed by atoms with E-state index in [-0.39, 0.29) is 0 Å². The predicted octanol–water partition coefficient (Wildman–Crippen LogP) is 4.53. The standard InChI is InChI=1S/C15H22N4S/c1-9(2)6-7-10(3)18-19-14-13-11(4)12(5)20-15(13)17-8-16-14/h8-9H,6-7H2,1-5H3,(H,16,17,19)/b18-10+. The van der Waals surface area contributed by atoms with Gasteiger partial charge in [-0.3, -0.25) is 5.43 Å². The normalized spacial score (nSPS) is 12.4. The maximum absolute atomic E-state index is 4.45. The molecule has 2 aromatic heterocycles. The Hall–Kier alpha value is -1.49. The van der Waals surface area contributed by atoms with Crippen molar-refractivity contribution in [3.63, 3.8) is 0 Å². The van der Waals surface area contributed by atoms with Gasteiger partial charge in [0.1, 0.15) is 11.2 Å². The van der Waals surface area contributed by atoms with Gasteiger partial charge in [0.25, 0.3) is 0 Å². The number of rotatable bonds is 5. The maximum atomic E-state index is 4.45. The summed E-state index contributed by atoms with van der Waals surface area (Å²) in [4.78, 5) is 11.0. The van der Waals surface area contributed by atoms with Gasteiger partial charge >= 0.3 is 0 Å². The molecular formula is C15H22N4S. The van der Waals surface area contributed by atoms with E-state index in [1.54, 1.807) is 17.7 Å². The monoisotopic (exact) mass is 290 g/mol. The first-order chi connectivity index (χ1) is 9.49. The molecule has 0 bridgehead atoms. The summed E-state index contributed by atoms with van der Waals surface area (Å²) in [6.45, 7) is 10.7. The van der Waals surface area contributed by atoms with Crippen molar-refractivity contribution < 1.29 is 0 Å². The molecule has 0 spiro atoms. The van der Waals surface area contributed by atoms with Gasteiger partial charge in [-0.15, -0.1) is 11.3 Å². The van der Waals surface area contributed by atoms with Crippen molar-refractivity contribution in [1.29, 1.82) is 0 Å². The summed E-state index contributed by atoms with van der Waals surface area (Å²) in [5.74, 6) is 1.51. The molecule has 2 heterocycles. The van der Waals surface area contributed by atoms with Crippen molar-refractivity contribution in [2.75, 3.05) is 5.43 Å². The van der Waals surface area contributed by atoms with E-state index in [9.17, 15) is 0 Å². The lowest BCUT2D eigenvalue weighted by Crippen LogP contribution is -2.01. The fourth-order valence-electron chi connectivity index (χ4n) is 1.97. The molecule has 0 radical (unpaired) electrons. The molecule has 0 amide bonds. The van der Waals surface area contributed by atoms with Crippen LogP contribution in [-0.4, -0.2) is 15.7 Å². The van der Waals surface area contributed by atoms with Crippen LogP contribution < -0.4 is 5.43 Å². The maximum Gasteiger partial charge on any atom is 0.158 e. The van der Waals surface area contributed by atoms with Crippen molar-refractivity contribution in [2.24, 2.45) is 11.0 Å². The van der Waals surface area contributed by atoms with Crippen LogP contribution in [0.4, 0.5) is 5.82 Å². The average Bonchev–Trinajstić information content (AvgIpc) is 2.70. The first-order valence-corrected chi connectivity index (χ1v) is 7.80. The zero-order chi connectivity index (χ0) is 14.7. The van der Waals surface area contributed by atoms with Gasteiger partial charge in [0.05, 0.1) is 5.39 Å². The van der Waals surface area contributed by atoms with Crippen molar-refractivity contribution >= 4 is 33.1 Å². The van der Waals surface area contributed by atoms with Gasteiger partial charge in [-0.05, 0) is 45.1 Å². The van der Waals surface area contributed by atoms with Gasteiger partial charge in [-0.1, -0.05) is 13.8 Å². The molecule has 0 saturated carbocycles. The molecule has 108 valence electrons. The van der Waals surface area contributed by atoms with E-state index >= 15 is 0 Å². The number of hydrogen-bond donors (Lipinski definition) is 1. The van der Waals surface area contributed by atoms with Gasteiger partial charge in [0.2, 0.25) is 0 Å². The fourth-order valence-corrected chi connectivity index (χ4v) is 2.97. The molecule has 0 aliphatic heterocycles. The molecule has 5 heteroatoms. The van der Waals surface area contributed by atoms with Crippen LogP contribution >= 0.6 is 11.3 Å². The van der Waals surface area contributed by atoms with Crippen LogP contribution in [0.5, 0.6) is 0 Å². The van der Waals surface area contributed by atoms with Crippen LogP contribution in [0, 0.1) is 19.8 Å². The highest BCUT2D eigenvalue weighted by molar-refractivity contribution is 7.18. The van der Waals surface area contributed by atoms with Crippen LogP contribution in [0.1, 0.15) is 44.1 Å². The fraction of sp³-hybridized carbons (Fsp3) is 0.533. The molecule has 0 atom stereocenters. The van der Waals surface area contributed by atoms with Crippen molar-refractivity contribution in [1.82, 2.24) is 9.97 Å². The minimum atomic E-state index is 0.702. The van der Waals surface area contributed by atoms with E-state index in [4.69, 9.17) is 0 Å². The van der Waals surface area contributed by atoms with E-state index in [2.05, 4.69) is 55.1 Å². The number of hydrazone groups is 1. The third kappa shape index (κ3) is 3.33. The molecule has 0 aliphatic rings. The van der Waals surface area contributed by atoms with Crippen molar-refractivity contribution in [2.45, 2.75) is 47.5 Å². The quantitative estimate of drug-likeness (QED) is 0.650. The zero-order valence-corrected chi connectivity index (χ0v) is 13.6. The second kappa shape index (κ2) is 6.31. The third-order valence-electron chi connectivity index (χ3n) is 3.40. The van der Waals surface area contributed by atoms with Crippen LogP contribution in [0.2, 0.25) is 0 Å². The number of thiophene rings is 1. The van der Waals surface area contributed by atoms with E-state index < -0.39 is 0 Å². The van der Waals surface area contributed by atoms with E-state index in [1.807, 2.05) is 0 Å². The second-order valence-corrected chi connectivity index (χ2v) is 6.78. The SMILES string of the molecule is C/C(CCC(C)C)=N\Nc1ncnc2sc(C)c(C)c12. The van der Waals surface area contributed by atoms with E-state index in [0.29, 0.717) is 5.92 Å². The summed E-state index contributed by atoms with van der Waals surface area (Å²) in [7, 11) is 0. The van der Waals surface area contributed by atoms with Gasteiger partial charge in [-0.2, -0.15) is 5.10 Å². The lowest BCUT2D eigenvalue weighted by molar-refractivity contribution is 0.603. The number of fused-ring (bicyclic) bond motifs is 1. The number of nitrogens with zero attached hydrogens (tertiary/aromatic N) is 3. The Balaban J connectivity index is 2.19. The zero-order valence-electron chi connectivity index (χ0n) is 12.8. The molecule has 0 fully saturated rings. The Morgan fingerprint density at radius 1 is 1.35 bits per heavy atom. The number of nitrogens with one attached hydrogen (secondary N) is 1. The molecular weight excluding hydrogens is 268 g/mol. The summed E-state index contributed by atoms with van der Waals surface area (Å²) >= 11 is 1.70. The number of hydrogen-bond acceptors (Lipinski definition) is 5. The van der Waals surface area contributed by atoms with Gasteiger partial charge in [0.15, 0.2) is 5.82 Å². The van der Waals surface area contributed by atoms with E-state index in [1.165, 1.54) is 10.4 Å². The summed E-state index contributed by atoms with van der Waals surface area (Å²) in [6, 6.07) is 0. The highest BCUT2D eigenvalue weighted by atomic mass is 32.1. The Morgan fingerprint density at radius 3 is 2.80 bits per heavy atom. The van der Waals surface area contributed by atoms with Crippen LogP contribution in [0.3, 0.4) is 0 Å². The van der Waals surface area contributed by atoms with Gasteiger partial charge in [-0.25, -0.2) is 9.97 Å². The smallest absolute Gasteiger partial charge is 0.158 e. The Morgan fingerprint density at radius 2 is 2.10 bits per heavy atom. The summed E-state index contributed by atoms with van der Waals surface area (Å²) < 4.78 is 0.